The summed E-state index contributed by atoms with van der Waals surface area (Å²) in [5.41, 5.74) is 3.53. The van der Waals surface area contributed by atoms with Gasteiger partial charge in [-0.25, -0.2) is 0 Å². The predicted octanol–water partition coefficient (Wildman–Crippen LogP) is 3.42. The highest BCUT2D eigenvalue weighted by atomic mass is 16.2. The number of amides is 1. The van der Waals surface area contributed by atoms with Crippen LogP contribution in [0, 0.1) is 0 Å². The number of aryl methyl sites for hydroxylation is 1. The molecule has 0 spiro atoms. The van der Waals surface area contributed by atoms with E-state index >= 15 is 0 Å². The first kappa shape index (κ1) is 16.8. The third kappa shape index (κ3) is 2.79. The minimum atomic E-state index is -0.105. The molecule has 0 aliphatic heterocycles. The van der Waals surface area contributed by atoms with Crippen molar-refractivity contribution in [3.05, 3.63) is 47.7 Å². The fourth-order valence-corrected chi connectivity index (χ4v) is 4.03. The number of likely N-dealkylation sites (N-methyl/N-ethyl adjacent to an activating group) is 1. The molecule has 2 aromatic heterocycles. The highest BCUT2D eigenvalue weighted by Gasteiger charge is 2.31. The van der Waals surface area contributed by atoms with E-state index in [2.05, 4.69) is 47.2 Å². The molecule has 6 nitrogen and oxygen atoms in total. The standard InChI is InChI=1S/C20H25N5O/c1-13(2)25-12-21-23-18(25)11-24(3)20(26)16-9-6-8-15-14-7-4-5-10-17(14)22-19(15)16/h4-5,7,10,12-13,16,22H,6,8-9,11H2,1-3H3. The molecule has 0 saturated heterocycles. The number of carbonyl (C=O) groups excluding carboxylic acids is 1. The number of aromatic nitrogens is 4. The second-order valence-corrected chi connectivity index (χ2v) is 7.45. The average Bonchev–Trinajstić information content (AvgIpc) is 3.25. The molecule has 0 bridgehead atoms. The van der Waals surface area contributed by atoms with Crippen LogP contribution >= 0.6 is 0 Å². The van der Waals surface area contributed by atoms with Gasteiger partial charge in [-0.1, -0.05) is 18.2 Å². The van der Waals surface area contributed by atoms with Crippen molar-refractivity contribution >= 4 is 16.8 Å². The smallest absolute Gasteiger partial charge is 0.231 e. The molecule has 26 heavy (non-hydrogen) atoms. The monoisotopic (exact) mass is 351 g/mol. The third-order valence-corrected chi connectivity index (χ3v) is 5.37. The largest absolute Gasteiger partial charge is 0.357 e. The van der Waals surface area contributed by atoms with Crippen molar-refractivity contribution in [2.24, 2.45) is 0 Å². The van der Waals surface area contributed by atoms with E-state index in [1.807, 2.05) is 17.7 Å². The summed E-state index contributed by atoms with van der Waals surface area (Å²) in [7, 11) is 1.86. The van der Waals surface area contributed by atoms with Crippen LogP contribution in [0.25, 0.3) is 10.9 Å². The maximum Gasteiger partial charge on any atom is 0.231 e. The lowest BCUT2D eigenvalue weighted by atomic mass is 9.86. The number of para-hydroxylation sites is 1. The third-order valence-electron chi connectivity index (χ3n) is 5.37. The lowest BCUT2D eigenvalue weighted by Gasteiger charge is -2.27. The molecule has 136 valence electrons. The first-order valence-electron chi connectivity index (χ1n) is 9.29. The minimum absolute atomic E-state index is 0.105. The Kier molecular flexibility index (Phi) is 4.26. The number of carbonyl (C=O) groups is 1. The van der Waals surface area contributed by atoms with Crippen molar-refractivity contribution in [1.29, 1.82) is 0 Å². The van der Waals surface area contributed by atoms with Gasteiger partial charge in [-0.2, -0.15) is 0 Å². The minimum Gasteiger partial charge on any atom is -0.357 e. The molecule has 1 aliphatic rings. The van der Waals surface area contributed by atoms with Crippen molar-refractivity contribution in [3.8, 4) is 0 Å². The summed E-state index contributed by atoms with van der Waals surface area (Å²) in [5.74, 6) is 0.867. The van der Waals surface area contributed by atoms with Crippen molar-refractivity contribution in [2.45, 2.75) is 51.6 Å². The van der Waals surface area contributed by atoms with E-state index in [1.54, 1.807) is 11.2 Å². The van der Waals surface area contributed by atoms with Gasteiger partial charge in [0.1, 0.15) is 6.33 Å². The summed E-state index contributed by atoms with van der Waals surface area (Å²) in [6.45, 7) is 4.65. The maximum absolute atomic E-state index is 13.2. The van der Waals surface area contributed by atoms with Gasteiger partial charge in [-0.15, -0.1) is 10.2 Å². The summed E-state index contributed by atoms with van der Waals surface area (Å²) in [5, 5.41) is 9.45. The summed E-state index contributed by atoms with van der Waals surface area (Å²) in [6.07, 6.45) is 4.70. The molecule has 0 radical (unpaired) electrons. The number of aromatic amines is 1. The van der Waals surface area contributed by atoms with Crippen LogP contribution in [0.2, 0.25) is 0 Å². The van der Waals surface area contributed by atoms with Crippen molar-refractivity contribution in [2.75, 3.05) is 7.05 Å². The van der Waals surface area contributed by atoms with E-state index in [4.69, 9.17) is 0 Å². The quantitative estimate of drug-likeness (QED) is 0.783. The van der Waals surface area contributed by atoms with Crippen LogP contribution in [-0.2, 0) is 17.8 Å². The molecule has 2 heterocycles. The first-order valence-corrected chi connectivity index (χ1v) is 9.29. The normalized spacial score (nSPS) is 16.8. The fraction of sp³-hybridized carbons (Fsp3) is 0.450. The Morgan fingerprint density at radius 3 is 3.00 bits per heavy atom. The Hall–Kier alpha value is -2.63. The number of hydrogen-bond donors (Lipinski definition) is 1. The van der Waals surface area contributed by atoms with Crippen LogP contribution in [-0.4, -0.2) is 37.6 Å². The molecule has 1 atom stereocenters. The van der Waals surface area contributed by atoms with Crippen molar-refractivity contribution < 1.29 is 4.79 Å². The number of nitrogens with one attached hydrogen (secondary N) is 1. The Labute approximate surface area is 153 Å². The van der Waals surface area contributed by atoms with Gasteiger partial charge < -0.3 is 14.5 Å². The van der Waals surface area contributed by atoms with Gasteiger partial charge in [0.25, 0.3) is 0 Å². The molecule has 6 heteroatoms. The van der Waals surface area contributed by atoms with Gasteiger partial charge in [-0.3, -0.25) is 4.79 Å². The van der Waals surface area contributed by atoms with Gasteiger partial charge in [0.2, 0.25) is 5.91 Å². The second-order valence-electron chi connectivity index (χ2n) is 7.45. The van der Waals surface area contributed by atoms with Crippen LogP contribution in [0.1, 0.15) is 55.7 Å². The summed E-state index contributed by atoms with van der Waals surface area (Å²) >= 11 is 0. The summed E-state index contributed by atoms with van der Waals surface area (Å²) in [6, 6.07) is 8.60. The lowest BCUT2D eigenvalue weighted by molar-refractivity contribution is -0.132. The highest BCUT2D eigenvalue weighted by molar-refractivity contribution is 5.90. The van der Waals surface area contributed by atoms with Crippen LogP contribution in [0.5, 0.6) is 0 Å². The lowest BCUT2D eigenvalue weighted by Crippen LogP contribution is -2.34. The zero-order valence-electron chi connectivity index (χ0n) is 15.6. The highest BCUT2D eigenvalue weighted by Crippen LogP contribution is 2.37. The van der Waals surface area contributed by atoms with E-state index < -0.39 is 0 Å². The zero-order chi connectivity index (χ0) is 18.3. The number of hydrogen-bond acceptors (Lipinski definition) is 3. The van der Waals surface area contributed by atoms with Crippen molar-refractivity contribution in [1.82, 2.24) is 24.6 Å². The molecule has 0 fully saturated rings. The van der Waals surface area contributed by atoms with Gasteiger partial charge in [0, 0.05) is 29.7 Å². The van der Waals surface area contributed by atoms with E-state index in [1.165, 1.54) is 10.9 Å². The number of rotatable bonds is 4. The Balaban J connectivity index is 1.60. The molecule has 4 rings (SSSR count). The molecule has 1 aliphatic carbocycles. The van der Waals surface area contributed by atoms with Crippen LogP contribution in [0.15, 0.2) is 30.6 Å². The van der Waals surface area contributed by atoms with Gasteiger partial charge in [-0.05, 0) is 44.7 Å². The number of fused-ring (bicyclic) bond motifs is 3. The molecule has 3 aromatic rings. The molecule has 0 saturated carbocycles. The summed E-state index contributed by atoms with van der Waals surface area (Å²) in [4.78, 5) is 18.5. The van der Waals surface area contributed by atoms with Gasteiger partial charge in [0.05, 0.1) is 12.5 Å². The zero-order valence-corrected chi connectivity index (χ0v) is 15.6. The number of nitrogens with zero attached hydrogens (tertiary/aromatic N) is 4. The molecule has 1 amide bonds. The number of benzene rings is 1. The van der Waals surface area contributed by atoms with E-state index in [0.29, 0.717) is 6.54 Å². The molecular weight excluding hydrogens is 326 g/mol. The van der Waals surface area contributed by atoms with Crippen LogP contribution in [0.4, 0.5) is 0 Å². The maximum atomic E-state index is 13.2. The first-order chi connectivity index (χ1) is 12.6. The SMILES string of the molecule is CC(C)n1cnnc1CN(C)C(=O)C1CCCc2c1[nH]c1ccccc21. The Morgan fingerprint density at radius 2 is 2.19 bits per heavy atom. The molecule has 1 unspecified atom stereocenters. The van der Waals surface area contributed by atoms with Gasteiger partial charge in [0.15, 0.2) is 5.82 Å². The van der Waals surface area contributed by atoms with E-state index in [-0.39, 0.29) is 17.9 Å². The predicted molar refractivity (Wildman–Crippen MR) is 101 cm³/mol. The Morgan fingerprint density at radius 1 is 1.38 bits per heavy atom. The second kappa shape index (κ2) is 6.59. The van der Waals surface area contributed by atoms with Crippen molar-refractivity contribution in [3.63, 3.8) is 0 Å². The fourth-order valence-electron chi connectivity index (χ4n) is 4.03. The van der Waals surface area contributed by atoms with E-state index in [9.17, 15) is 4.79 Å². The van der Waals surface area contributed by atoms with Crippen LogP contribution in [0.3, 0.4) is 0 Å². The molecular formula is C20H25N5O. The van der Waals surface area contributed by atoms with Gasteiger partial charge >= 0.3 is 0 Å². The summed E-state index contributed by atoms with van der Waals surface area (Å²) < 4.78 is 2.01. The van der Waals surface area contributed by atoms with Crippen LogP contribution < -0.4 is 0 Å². The average molecular weight is 351 g/mol. The topological polar surface area (TPSA) is 66.8 Å². The number of H-pyrrole nitrogens is 1. The Bertz CT molecular complexity index is 939. The molecule has 1 aromatic carbocycles. The molecule has 1 N–H and O–H groups in total. The van der Waals surface area contributed by atoms with E-state index in [0.717, 1.165) is 36.3 Å².